The number of likely N-dealkylation sites (tertiary alicyclic amines) is 1. The number of nitrogens with zero attached hydrogens (tertiary/aromatic N) is 1. The highest BCUT2D eigenvalue weighted by atomic mass is 19.1. The Morgan fingerprint density at radius 3 is 2.58 bits per heavy atom. The van der Waals surface area contributed by atoms with Crippen LogP contribution in [0, 0.1) is 11.6 Å². The molecule has 0 aliphatic carbocycles. The molecule has 19 heavy (non-hydrogen) atoms. The van der Waals surface area contributed by atoms with Crippen molar-refractivity contribution >= 4 is 5.97 Å². The van der Waals surface area contributed by atoms with Crippen LogP contribution in [0.15, 0.2) is 18.2 Å². The first-order valence-electron chi connectivity index (χ1n) is 6.40. The molecule has 3 nitrogen and oxygen atoms in total. The molecule has 0 saturated carbocycles. The molecule has 0 amide bonds. The van der Waals surface area contributed by atoms with Crippen molar-refractivity contribution in [3.63, 3.8) is 0 Å². The van der Waals surface area contributed by atoms with Gasteiger partial charge in [0.05, 0.1) is 7.11 Å². The summed E-state index contributed by atoms with van der Waals surface area (Å²) < 4.78 is 31.9. The maximum absolute atomic E-state index is 13.9. The maximum atomic E-state index is 13.9. The Bertz CT molecular complexity index is 459. The zero-order chi connectivity index (χ0) is 13.8. The molecular formula is C14H17F2NO2. The molecule has 0 N–H and O–H groups in total. The van der Waals surface area contributed by atoms with Gasteiger partial charge in [-0.3, -0.25) is 4.90 Å². The van der Waals surface area contributed by atoms with Crippen LogP contribution < -0.4 is 0 Å². The van der Waals surface area contributed by atoms with Gasteiger partial charge in [-0.2, -0.15) is 0 Å². The van der Waals surface area contributed by atoms with E-state index < -0.39 is 23.6 Å². The molecule has 104 valence electrons. The summed E-state index contributed by atoms with van der Waals surface area (Å²) in [5.74, 6) is -1.68. The van der Waals surface area contributed by atoms with E-state index >= 15 is 0 Å². The van der Waals surface area contributed by atoms with Gasteiger partial charge >= 0.3 is 5.97 Å². The maximum Gasteiger partial charge on any atom is 0.327 e. The molecule has 0 spiro atoms. The van der Waals surface area contributed by atoms with Crippen molar-refractivity contribution in [2.45, 2.75) is 25.3 Å². The predicted molar refractivity (Wildman–Crippen MR) is 66.5 cm³/mol. The molecule has 0 radical (unpaired) electrons. The predicted octanol–water partition coefficient (Wildman–Crippen LogP) is 2.66. The highest BCUT2D eigenvalue weighted by Gasteiger charge is 2.31. The lowest BCUT2D eigenvalue weighted by Gasteiger charge is -2.33. The lowest BCUT2D eigenvalue weighted by molar-refractivity contribution is -0.147. The van der Waals surface area contributed by atoms with E-state index in [0.29, 0.717) is 13.1 Å². The van der Waals surface area contributed by atoms with Crippen molar-refractivity contribution in [1.29, 1.82) is 0 Å². The van der Waals surface area contributed by atoms with E-state index in [1.807, 2.05) is 4.90 Å². The zero-order valence-electron chi connectivity index (χ0n) is 10.9. The van der Waals surface area contributed by atoms with Crippen molar-refractivity contribution in [1.82, 2.24) is 4.90 Å². The Labute approximate surface area is 111 Å². The molecular weight excluding hydrogens is 252 g/mol. The summed E-state index contributed by atoms with van der Waals surface area (Å²) in [6, 6.07) is 2.31. The van der Waals surface area contributed by atoms with Gasteiger partial charge in [0.2, 0.25) is 0 Å². The highest BCUT2D eigenvalue weighted by molar-refractivity contribution is 5.77. The van der Waals surface area contributed by atoms with E-state index in [-0.39, 0.29) is 5.56 Å². The quantitative estimate of drug-likeness (QED) is 0.790. The first kappa shape index (κ1) is 13.9. The molecule has 1 saturated heterocycles. The third-order valence-corrected chi connectivity index (χ3v) is 3.43. The number of hydrogen-bond donors (Lipinski definition) is 0. The number of halogens is 2. The third kappa shape index (κ3) is 3.10. The van der Waals surface area contributed by atoms with E-state index in [1.165, 1.54) is 7.11 Å². The molecule has 2 rings (SSSR count). The van der Waals surface area contributed by atoms with Crippen molar-refractivity contribution in [2.24, 2.45) is 0 Å². The summed E-state index contributed by atoms with van der Waals surface area (Å²) in [7, 11) is 1.26. The fraction of sp³-hybridized carbons (Fsp3) is 0.500. The number of carbonyl (C=O) groups is 1. The average Bonchev–Trinajstić information content (AvgIpc) is 2.44. The minimum absolute atomic E-state index is 0.0498. The Morgan fingerprint density at radius 2 is 1.95 bits per heavy atom. The third-order valence-electron chi connectivity index (χ3n) is 3.43. The molecule has 1 aliphatic heterocycles. The van der Waals surface area contributed by atoms with Crippen molar-refractivity contribution in [3.05, 3.63) is 35.4 Å². The summed E-state index contributed by atoms with van der Waals surface area (Å²) >= 11 is 0. The van der Waals surface area contributed by atoms with Crippen LogP contribution in [0.1, 0.15) is 30.9 Å². The molecule has 0 aromatic heterocycles. The molecule has 1 fully saturated rings. The van der Waals surface area contributed by atoms with Crippen LogP contribution in [0.25, 0.3) is 0 Å². The van der Waals surface area contributed by atoms with Crippen LogP contribution in [0.4, 0.5) is 8.78 Å². The van der Waals surface area contributed by atoms with Gasteiger partial charge in [-0.15, -0.1) is 0 Å². The molecule has 1 aromatic rings. The first-order chi connectivity index (χ1) is 9.13. The number of rotatable bonds is 3. The number of piperidine rings is 1. The Morgan fingerprint density at radius 1 is 1.26 bits per heavy atom. The monoisotopic (exact) mass is 269 g/mol. The first-order valence-corrected chi connectivity index (χ1v) is 6.40. The number of ether oxygens (including phenoxy) is 1. The van der Waals surface area contributed by atoms with E-state index in [9.17, 15) is 13.6 Å². The molecule has 1 unspecified atom stereocenters. The van der Waals surface area contributed by atoms with Gasteiger partial charge in [-0.25, -0.2) is 13.6 Å². The van der Waals surface area contributed by atoms with Crippen LogP contribution in [-0.4, -0.2) is 31.1 Å². The van der Waals surface area contributed by atoms with E-state index in [2.05, 4.69) is 0 Å². The van der Waals surface area contributed by atoms with Gasteiger partial charge in [0, 0.05) is 5.56 Å². The van der Waals surface area contributed by atoms with E-state index in [0.717, 1.165) is 37.5 Å². The fourth-order valence-electron chi connectivity index (χ4n) is 2.49. The van der Waals surface area contributed by atoms with Gasteiger partial charge in [0.25, 0.3) is 0 Å². The summed E-state index contributed by atoms with van der Waals surface area (Å²) in [4.78, 5) is 13.8. The largest absolute Gasteiger partial charge is 0.468 e. The Hall–Kier alpha value is -1.49. The average molecular weight is 269 g/mol. The number of hydrogen-bond acceptors (Lipinski definition) is 3. The second-order valence-electron chi connectivity index (χ2n) is 4.69. The number of carbonyl (C=O) groups excluding carboxylic acids is 1. The normalized spacial score (nSPS) is 18.1. The van der Waals surface area contributed by atoms with Gasteiger partial charge in [0.15, 0.2) is 0 Å². The SMILES string of the molecule is COC(=O)C(c1cc(F)ccc1F)N1CCCCC1. The van der Waals surface area contributed by atoms with Crippen LogP contribution in [0.3, 0.4) is 0 Å². The number of esters is 1. The summed E-state index contributed by atoms with van der Waals surface area (Å²) in [6.45, 7) is 1.38. The molecule has 1 aromatic carbocycles. The lowest BCUT2D eigenvalue weighted by Crippen LogP contribution is -2.39. The second-order valence-corrected chi connectivity index (χ2v) is 4.69. The van der Waals surface area contributed by atoms with Gasteiger partial charge in [-0.05, 0) is 44.1 Å². The van der Waals surface area contributed by atoms with Crippen LogP contribution in [-0.2, 0) is 9.53 Å². The van der Waals surface area contributed by atoms with Crippen LogP contribution in [0.5, 0.6) is 0 Å². The second kappa shape index (κ2) is 6.10. The smallest absolute Gasteiger partial charge is 0.327 e. The highest BCUT2D eigenvalue weighted by Crippen LogP contribution is 2.28. The van der Waals surface area contributed by atoms with Gasteiger partial charge < -0.3 is 4.74 Å². The van der Waals surface area contributed by atoms with Crippen LogP contribution >= 0.6 is 0 Å². The van der Waals surface area contributed by atoms with Crippen molar-refractivity contribution in [2.75, 3.05) is 20.2 Å². The van der Waals surface area contributed by atoms with Gasteiger partial charge in [0.1, 0.15) is 17.7 Å². The standard InChI is InChI=1S/C14H17F2NO2/c1-19-14(18)13(17-7-3-2-4-8-17)11-9-10(15)5-6-12(11)16/h5-6,9,13H,2-4,7-8H2,1H3. The molecule has 1 atom stereocenters. The van der Waals surface area contributed by atoms with Gasteiger partial charge in [-0.1, -0.05) is 6.42 Å². The summed E-state index contributed by atoms with van der Waals surface area (Å²) in [5.41, 5.74) is 0.0498. The van der Waals surface area contributed by atoms with Crippen LogP contribution in [0.2, 0.25) is 0 Å². The minimum Gasteiger partial charge on any atom is -0.468 e. The topological polar surface area (TPSA) is 29.5 Å². The molecule has 0 bridgehead atoms. The fourth-order valence-corrected chi connectivity index (χ4v) is 2.49. The number of methoxy groups -OCH3 is 1. The summed E-state index contributed by atoms with van der Waals surface area (Å²) in [5, 5.41) is 0. The zero-order valence-corrected chi connectivity index (χ0v) is 10.9. The van der Waals surface area contributed by atoms with E-state index in [4.69, 9.17) is 4.74 Å². The Balaban J connectivity index is 2.36. The molecule has 5 heteroatoms. The molecule has 1 heterocycles. The van der Waals surface area contributed by atoms with E-state index in [1.54, 1.807) is 0 Å². The lowest BCUT2D eigenvalue weighted by atomic mass is 10.0. The van der Waals surface area contributed by atoms with Crippen molar-refractivity contribution in [3.8, 4) is 0 Å². The van der Waals surface area contributed by atoms with Crippen molar-refractivity contribution < 1.29 is 18.3 Å². The minimum atomic E-state index is -0.860. The Kier molecular flexibility index (Phi) is 4.47. The number of benzene rings is 1. The summed E-state index contributed by atoms with van der Waals surface area (Å²) in [6.07, 6.45) is 2.99. The molecule has 1 aliphatic rings.